The summed E-state index contributed by atoms with van der Waals surface area (Å²) < 4.78 is 11.1. The molecule has 0 aromatic carbocycles. The molecule has 1 aliphatic heterocycles. The van der Waals surface area contributed by atoms with Gasteiger partial charge in [0.25, 0.3) is 0 Å². The van der Waals surface area contributed by atoms with E-state index in [0.717, 1.165) is 25.7 Å². The van der Waals surface area contributed by atoms with Crippen molar-refractivity contribution in [2.45, 2.75) is 77.5 Å². The third-order valence-corrected chi connectivity index (χ3v) is 3.87. The first-order valence-corrected chi connectivity index (χ1v) is 7.64. The molecule has 0 aromatic heterocycles. The average molecular weight is 271 g/mol. The van der Waals surface area contributed by atoms with Crippen LogP contribution < -0.4 is 5.32 Å². The van der Waals surface area contributed by atoms with Crippen LogP contribution in [0.5, 0.6) is 0 Å². The second-order valence-electron chi connectivity index (χ2n) is 5.49. The van der Waals surface area contributed by atoms with Crippen molar-refractivity contribution in [3.63, 3.8) is 0 Å². The maximum atomic E-state index is 12.4. The summed E-state index contributed by atoms with van der Waals surface area (Å²) in [5.41, 5.74) is -0.552. The first kappa shape index (κ1) is 16.4. The molecule has 0 aliphatic carbocycles. The van der Waals surface area contributed by atoms with Gasteiger partial charge in [-0.2, -0.15) is 0 Å². The van der Waals surface area contributed by atoms with Crippen molar-refractivity contribution in [3.05, 3.63) is 0 Å². The van der Waals surface area contributed by atoms with E-state index < -0.39 is 5.54 Å². The summed E-state index contributed by atoms with van der Waals surface area (Å²) >= 11 is 0. The molecule has 4 nitrogen and oxygen atoms in total. The van der Waals surface area contributed by atoms with E-state index in [4.69, 9.17) is 9.47 Å². The summed E-state index contributed by atoms with van der Waals surface area (Å²) in [6.45, 7) is 9.31. The summed E-state index contributed by atoms with van der Waals surface area (Å²) in [5, 5.41) is 3.50. The molecule has 1 heterocycles. The lowest BCUT2D eigenvalue weighted by Gasteiger charge is -2.41. The zero-order valence-corrected chi connectivity index (χ0v) is 12.8. The summed E-state index contributed by atoms with van der Waals surface area (Å²) in [5.74, 6) is -0.111. The predicted octanol–water partition coefficient (Wildman–Crippen LogP) is 2.66. The molecular weight excluding hydrogens is 242 g/mol. The maximum absolute atomic E-state index is 12.4. The van der Waals surface area contributed by atoms with E-state index in [1.54, 1.807) is 0 Å². The van der Waals surface area contributed by atoms with E-state index in [2.05, 4.69) is 26.1 Å². The molecule has 112 valence electrons. The lowest BCUT2D eigenvalue weighted by molar-refractivity contribution is -0.159. The number of nitrogens with one attached hydrogen (secondary N) is 1. The fourth-order valence-corrected chi connectivity index (χ4v) is 2.68. The van der Waals surface area contributed by atoms with E-state index in [0.29, 0.717) is 25.7 Å². The van der Waals surface area contributed by atoms with Crippen molar-refractivity contribution in [2.75, 3.05) is 13.2 Å². The Labute approximate surface area is 117 Å². The Hall–Kier alpha value is -0.610. The van der Waals surface area contributed by atoms with Crippen LogP contribution in [0.2, 0.25) is 0 Å². The first-order chi connectivity index (χ1) is 9.07. The van der Waals surface area contributed by atoms with Crippen molar-refractivity contribution in [1.29, 1.82) is 0 Å². The van der Waals surface area contributed by atoms with Gasteiger partial charge in [-0.25, -0.2) is 0 Å². The minimum Gasteiger partial charge on any atom is -0.465 e. The molecule has 0 spiro atoms. The fraction of sp³-hybridized carbons (Fsp3) is 0.933. The molecule has 1 aliphatic rings. The molecule has 0 bridgehead atoms. The van der Waals surface area contributed by atoms with Crippen molar-refractivity contribution in [2.24, 2.45) is 0 Å². The fourth-order valence-electron chi connectivity index (χ4n) is 2.68. The Morgan fingerprint density at radius 2 is 2.21 bits per heavy atom. The average Bonchev–Trinajstić information content (AvgIpc) is 2.39. The van der Waals surface area contributed by atoms with E-state index in [1.165, 1.54) is 0 Å². The third kappa shape index (κ3) is 4.46. The summed E-state index contributed by atoms with van der Waals surface area (Å²) in [6.07, 6.45) is 4.68. The van der Waals surface area contributed by atoms with Gasteiger partial charge >= 0.3 is 5.97 Å². The summed E-state index contributed by atoms with van der Waals surface area (Å²) in [7, 11) is 0. The molecular formula is C15H29NO3. The minimum atomic E-state index is -0.552. The molecule has 1 rings (SSSR count). The monoisotopic (exact) mass is 271 g/mol. The number of carbonyl (C=O) groups excluding carboxylic acids is 1. The lowest BCUT2D eigenvalue weighted by Crippen LogP contribution is -2.60. The maximum Gasteiger partial charge on any atom is 0.326 e. The van der Waals surface area contributed by atoms with Crippen molar-refractivity contribution < 1.29 is 14.3 Å². The molecule has 3 atom stereocenters. The number of carbonyl (C=O) groups is 1. The van der Waals surface area contributed by atoms with Crippen LogP contribution in [0.3, 0.4) is 0 Å². The van der Waals surface area contributed by atoms with Crippen LogP contribution in [-0.4, -0.2) is 36.9 Å². The highest BCUT2D eigenvalue weighted by atomic mass is 16.5. The van der Waals surface area contributed by atoms with Crippen LogP contribution in [-0.2, 0) is 14.3 Å². The van der Waals surface area contributed by atoms with Crippen LogP contribution >= 0.6 is 0 Å². The second kappa shape index (κ2) is 7.85. The second-order valence-corrected chi connectivity index (χ2v) is 5.49. The highest BCUT2D eigenvalue weighted by molar-refractivity contribution is 5.81. The summed E-state index contributed by atoms with van der Waals surface area (Å²) in [4.78, 5) is 12.4. The Kier molecular flexibility index (Phi) is 6.80. The quantitative estimate of drug-likeness (QED) is 0.723. The molecule has 0 radical (unpaired) electrons. The normalized spacial score (nSPS) is 28.9. The Morgan fingerprint density at radius 1 is 1.47 bits per heavy atom. The van der Waals surface area contributed by atoms with Crippen molar-refractivity contribution >= 4 is 5.97 Å². The molecule has 1 saturated heterocycles. The van der Waals surface area contributed by atoms with E-state index in [9.17, 15) is 4.79 Å². The van der Waals surface area contributed by atoms with E-state index in [1.807, 2.05) is 6.92 Å². The summed E-state index contributed by atoms with van der Waals surface area (Å²) in [6, 6.07) is 0.310. The topological polar surface area (TPSA) is 47.6 Å². The molecule has 0 amide bonds. The molecule has 3 unspecified atom stereocenters. The highest BCUT2D eigenvalue weighted by Crippen LogP contribution is 2.29. The number of rotatable bonds is 7. The van der Waals surface area contributed by atoms with Crippen LogP contribution in [0.25, 0.3) is 0 Å². The van der Waals surface area contributed by atoms with Gasteiger partial charge in [-0.05, 0) is 33.1 Å². The largest absolute Gasteiger partial charge is 0.465 e. The first-order valence-electron chi connectivity index (χ1n) is 7.64. The molecule has 0 aromatic rings. The van der Waals surface area contributed by atoms with Gasteiger partial charge in [-0.3, -0.25) is 10.1 Å². The van der Waals surface area contributed by atoms with Gasteiger partial charge in [0.15, 0.2) is 0 Å². The highest BCUT2D eigenvalue weighted by Gasteiger charge is 2.44. The minimum absolute atomic E-state index is 0.111. The Bertz CT molecular complexity index is 281. The number of esters is 1. The lowest BCUT2D eigenvalue weighted by atomic mass is 9.84. The van der Waals surface area contributed by atoms with Gasteiger partial charge in [-0.15, -0.1) is 0 Å². The van der Waals surface area contributed by atoms with Crippen LogP contribution in [0.4, 0.5) is 0 Å². The van der Waals surface area contributed by atoms with Crippen molar-refractivity contribution in [1.82, 2.24) is 5.32 Å². The van der Waals surface area contributed by atoms with Gasteiger partial charge in [-0.1, -0.05) is 20.3 Å². The van der Waals surface area contributed by atoms with Crippen LogP contribution in [0.1, 0.15) is 59.8 Å². The zero-order valence-electron chi connectivity index (χ0n) is 12.8. The molecule has 4 heteroatoms. The van der Waals surface area contributed by atoms with Crippen LogP contribution in [0.15, 0.2) is 0 Å². The number of ether oxygens (including phenoxy) is 2. The zero-order chi connectivity index (χ0) is 14.3. The van der Waals surface area contributed by atoms with E-state index >= 15 is 0 Å². The SMILES string of the molecule is CCCC1CC(NC(C)CC)(C(=O)OCC)CCO1. The third-order valence-electron chi connectivity index (χ3n) is 3.87. The predicted molar refractivity (Wildman–Crippen MR) is 76.1 cm³/mol. The van der Waals surface area contributed by atoms with Gasteiger partial charge in [0.1, 0.15) is 5.54 Å². The van der Waals surface area contributed by atoms with Gasteiger partial charge in [0.2, 0.25) is 0 Å². The van der Waals surface area contributed by atoms with Gasteiger partial charge in [0.05, 0.1) is 12.7 Å². The molecule has 1 N–H and O–H groups in total. The Morgan fingerprint density at radius 3 is 2.79 bits per heavy atom. The van der Waals surface area contributed by atoms with Crippen LogP contribution in [0, 0.1) is 0 Å². The standard InChI is InChI=1S/C15H29NO3/c1-5-8-13-11-15(9-10-19-13,14(17)18-7-3)16-12(4)6-2/h12-13,16H,5-11H2,1-4H3. The van der Waals surface area contributed by atoms with Gasteiger partial charge < -0.3 is 9.47 Å². The Balaban J connectivity index is 2.81. The smallest absolute Gasteiger partial charge is 0.326 e. The number of hydrogen-bond acceptors (Lipinski definition) is 4. The number of hydrogen-bond donors (Lipinski definition) is 1. The van der Waals surface area contributed by atoms with E-state index in [-0.39, 0.29) is 12.1 Å². The molecule has 1 fully saturated rings. The van der Waals surface area contributed by atoms with Crippen molar-refractivity contribution in [3.8, 4) is 0 Å². The molecule has 19 heavy (non-hydrogen) atoms. The van der Waals surface area contributed by atoms with Gasteiger partial charge in [0, 0.05) is 19.1 Å². The molecule has 0 saturated carbocycles.